The zero-order valence-electron chi connectivity index (χ0n) is 12.1. The summed E-state index contributed by atoms with van der Waals surface area (Å²) in [6.07, 6.45) is 1.17. The van der Waals surface area contributed by atoms with Crippen molar-refractivity contribution in [2.75, 3.05) is 6.61 Å². The van der Waals surface area contributed by atoms with Gasteiger partial charge in [-0.2, -0.15) is 5.26 Å². The van der Waals surface area contributed by atoms with Gasteiger partial charge in [0.2, 0.25) is 0 Å². The molecule has 1 unspecified atom stereocenters. The van der Waals surface area contributed by atoms with E-state index in [2.05, 4.69) is 0 Å². The SMILES string of the molecule is CCOC(=O)C(Cc1ccc(F)c(C#N)c1)CC(C)C. The van der Waals surface area contributed by atoms with E-state index >= 15 is 0 Å². The Kier molecular flexibility index (Phi) is 6.17. The van der Waals surface area contributed by atoms with Crippen LogP contribution in [-0.2, 0) is 16.0 Å². The Hall–Kier alpha value is -1.89. The summed E-state index contributed by atoms with van der Waals surface area (Å²) in [5.74, 6) is -0.663. The van der Waals surface area contributed by atoms with Crippen molar-refractivity contribution in [1.29, 1.82) is 5.26 Å². The minimum atomic E-state index is -0.534. The molecule has 0 saturated carbocycles. The lowest BCUT2D eigenvalue weighted by molar-refractivity contribution is -0.148. The summed E-state index contributed by atoms with van der Waals surface area (Å²) in [7, 11) is 0. The molecule has 1 atom stereocenters. The molecule has 0 aromatic heterocycles. The predicted molar refractivity (Wildman–Crippen MR) is 74.4 cm³/mol. The molecule has 0 saturated heterocycles. The zero-order chi connectivity index (χ0) is 15.1. The highest BCUT2D eigenvalue weighted by atomic mass is 19.1. The first-order chi connectivity index (χ1) is 9.47. The molecule has 1 aromatic carbocycles. The van der Waals surface area contributed by atoms with E-state index in [4.69, 9.17) is 10.00 Å². The van der Waals surface area contributed by atoms with Gasteiger partial charge in [0, 0.05) is 0 Å². The van der Waals surface area contributed by atoms with Crippen LogP contribution < -0.4 is 0 Å². The average Bonchev–Trinajstić information content (AvgIpc) is 2.39. The van der Waals surface area contributed by atoms with E-state index in [1.54, 1.807) is 13.0 Å². The van der Waals surface area contributed by atoms with Crippen LogP contribution in [0.5, 0.6) is 0 Å². The van der Waals surface area contributed by atoms with Crippen molar-refractivity contribution in [3.63, 3.8) is 0 Å². The van der Waals surface area contributed by atoms with Gasteiger partial charge in [0.15, 0.2) is 0 Å². The number of nitrogens with zero attached hydrogens (tertiary/aromatic N) is 1. The second kappa shape index (κ2) is 7.64. The Labute approximate surface area is 119 Å². The highest BCUT2D eigenvalue weighted by Gasteiger charge is 2.22. The Morgan fingerprint density at radius 3 is 2.70 bits per heavy atom. The lowest BCUT2D eigenvalue weighted by Crippen LogP contribution is -2.22. The molecule has 0 amide bonds. The van der Waals surface area contributed by atoms with Crippen LogP contribution in [-0.4, -0.2) is 12.6 Å². The molecule has 0 heterocycles. The third-order valence-electron chi connectivity index (χ3n) is 3.01. The molecule has 4 heteroatoms. The van der Waals surface area contributed by atoms with Crippen molar-refractivity contribution in [2.24, 2.45) is 11.8 Å². The molecule has 0 bridgehead atoms. The number of hydrogen-bond donors (Lipinski definition) is 0. The fraction of sp³-hybridized carbons (Fsp3) is 0.500. The summed E-state index contributed by atoms with van der Waals surface area (Å²) in [5, 5.41) is 8.83. The third-order valence-corrected chi connectivity index (χ3v) is 3.01. The molecule has 1 aromatic rings. The summed E-state index contributed by atoms with van der Waals surface area (Å²) in [4.78, 5) is 11.9. The molecule has 0 spiro atoms. The molecule has 0 radical (unpaired) electrons. The normalized spacial score (nSPS) is 12.0. The molecule has 0 aliphatic heterocycles. The van der Waals surface area contributed by atoms with E-state index in [1.165, 1.54) is 12.1 Å². The van der Waals surface area contributed by atoms with Gasteiger partial charge in [0.25, 0.3) is 0 Å². The van der Waals surface area contributed by atoms with Gasteiger partial charge in [-0.05, 0) is 43.4 Å². The number of carbonyl (C=O) groups excluding carboxylic acids is 1. The predicted octanol–water partition coefficient (Wildman–Crippen LogP) is 3.47. The molecule has 1 rings (SSSR count). The maximum absolute atomic E-state index is 13.3. The summed E-state index contributed by atoms with van der Waals surface area (Å²) in [6, 6.07) is 6.20. The minimum absolute atomic E-state index is 0.00894. The monoisotopic (exact) mass is 277 g/mol. The smallest absolute Gasteiger partial charge is 0.309 e. The first-order valence-corrected chi connectivity index (χ1v) is 6.83. The van der Waals surface area contributed by atoms with Crippen LogP contribution in [0.25, 0.3) is 0 Å². The number of hydrogen-bond acceptors (Lipinski definition) is 3. The van der Waals surface area contributed by atoms with E-state index in [0.29, 0.717) is 25.4 Å². The molecular weight excluding hydrogens is 257 g/mol. The maximum Gasteiger partial charge on any atom is 0.309 e. The van der Waals surface area contributed by atoms with Crippen LogP contribution >= 0.6 is 0 Å². The average molecular weight is 277 g/mol. The molecule has 0 aliphatic rings. The van der Waals surface area contributed by atoms with E-state index in [1.807, 2.05) is 19.9 Å². The maximum atomic E-state index is 13.3. The van der Waals surface area contributed by atoms with Gasteiger partial charge in [-0.25, -0.2) is 4.39 Å². The number of ether oxygens (including phenoxy) is 1. The lowest BCUT2D eigenvalue weighted by Gasteiger charge is -2.17. The standard InChI is InChI=1S/C16H20FNO2/c1-4-20-16(19)13(7-11(2)3)8-12-5-6-15(17)14(9-12)10-18/h5-6,9,11,13H,4,7-8H2,1-3H3. The van der Waals surface area contributed by atoms with Crippen LogP contribution in [0.15, 0.2) is 18.2 Å². The van der Waals surface area contributed by atoms with Crippen LogP contribution in [0, 0.1) is 29.0 Å². The highest BCUT2D eigenvalue weighted by Crippen LogP contribution is 2.20. The fourth-order valence-electron chi connectivity index (χ4n) is 2.16. The van der Waals surface area contributed by atoms with Crippen molar-refractivity contribution in [1.82, 2.24) is 0 Å². The minimum Gasteiger partial charge on any atom is -0.466 e. The fourth-order valence-corrected chi connectivity index (χ4v) is 2.16. The summed E-state index contributed by atoms with van der Waals surface area (Å²) in [6.45, 7) is 6.20. The van der Waals surface area contributed by atoms with E-state index < -0.39 is 5.82 Å². The van der Waals surface area contributed by atoms with Crippen molar-refractivity contribution in [2.45, 2.75) is 33.6 Å². The molecular formula is C16H20FNO2. The van der Waals surface area contributed by atoms with Crippen molar-refractivity contribution in [3.05, 3.63) is 35.1 Å². The Morgan fingerprint density at radius 1 is 1.45 bits per heavy atom. The van der Waals surface area contributed by atoms with Gasteiger partial charge >= 0.3 is 5.97 Å². The second-order valence-electron chi connectivity index (χ2n) is 5.21. The number of nitriles is 1. The van der Waals surface area contributed by atoms with Gasteiger partial charge in [0.1, 0.15) is 11.9 Å². The van der Waals surface area contributed by atoms with Crippen LogP contribution in [0.3, 0.4) is 0 Å². The highest BCUT2D eigenvalue weighted by molar-refractivity contribution is 5.72. The van der Waals surface area contributed by atoms with Crippen LogP contribution in [0.4, 0.5) is 4.39 Å². The Bertz CT molecular complexity index is 506. The van der Waals surface area contributed by atoms with E-state index in [9.17, 15) is 9.18 Å². The largest absolute Gasteiger partial charge is 0.466 e. The van der Waals surface area contributed by atoms with Gasteiger partial charge in [-0.3, -0.25) is 4.79 Å². The van der Waals surface area contributed by atoms with E-state index in [0.717, 1.165) is 5.56 Å². The van der Waals surface area contributed by atoms with Gasteiger partial charge in [-0.1, -0.05) is 19.9 Å². The number of esters is 1. The van der Waals surface area contributed by atoms with Crippen molar-refractivity contribution >= 4 is 5.97 Å². The Balaban J connectivity index is 2.89. The van der Waals surface area contributed by atoms with E-state index in [-0.39, 0.29) is 17.5 Å². The Morgan fingerprint density at radius 2 is 2.15 bits per heavy atom. The van der Waals surface area contributed by atoms with Crippen LogP contribution in [0.2, 0.25) is 0 Å². The number of carbonyl (C=O) groups is 1. The van der Waals surface area contributed by atoms with Crippen molar-refractivity contribution in [3.8, 4) is 6.07 Å². The number of benzene rings is 1. The number of rotatable bonds is 6. The zero-order valence-corrected chi connectivity index (χ0v) is 12.1. The first kappa shape index (κ1) is 16.2. The summed E-state index contributed by atoms with van der Waals surface area (Å²) in [5.41, 5.74) is 0.788. The molecule has 108 valence electrons. The molecule has 0 fully saturated rings. The quantitative estimate of drug-likeness (QED) is 0.748. The molecule has 20 heavy (non-hydrogen) atoms. The summed E-state index contributed by atoms with van der Waals surface area (Å²) >= 11 is 0. The number of halogens is 1. The van der Waals surface area contributed by atoms with Gasteiger partial charge in [-0.15, -0.1) is 0 Å². The first-order valence-electron chi connectivity index (χ1n) is 6.83. The topological polar surface area (TPSA) is 50.1 Å². The lowest BCUT2D eigenvalue weighted by atomic mass is 9.90. The summed E-state index contributed by atoms with van der Waals surface area (Å²) < 4.78 is 18.4. The molecule has 0 N–H and O–H groups in total. The second-order valence-corrected chi connectivity index (χ2v) is 5.21. The van der Waals surface area contributed by atoms with Gasteiger partial charge in [0.05, 0.1) is 18.1 Å². The molecule has 0 aliphatic carbocycles. The third kappa shape index (κ3) is 4.65. The van der Waals surface area contributed by atoms with Gasteiger partial charge < -0.3 is 4.74 Å². The van der Waals surface area contributed by atoms with Crippen LogP contribution in [0.1, 0.15) is 38.3 Å². The van der Waals surface area contributed by atoms with Crippen molar-refractivity contribution < 1.29 is 13.9 Å². The molecule has 3 nitrogen and oxygen atoms in total.